The number of rotatable bonds is 5. The van der Waals surface area contributed by atoms with Crippen molar-refractivity contribution >= 4 is 6.08 Å². The first-order chi connectivity index (χ1) is 10.6. The van der Waals surface area contributed by atoms with Gasteiger partial charge in [0.15, 0.2) is 0 Å². The van der Waals surface area contributed by atoms with Crippen molar-refractivity contribution in [2.24, 2.45) is 5.92 Å². The molecule has 0 radical (unpaired) electrons. The summed E-state index contributed by atoms with van der Waals surface area (Å²) >= 11 is 0. The molecule has 2 aromatic rings. The van der Waals surface area contributed by atoms with Crippen molar-refractivity contribution < 1.29 is 0 Å². The van der Waals surface area contributed by atoms with Crippen LogP contribution in [0.15, 0.2) is 72.3 Å². The molecule has 112 valence electrons. The Morgan fingerprint density at radius 3 is 2.45 bits per heavy atom. The number of benzene rings is 2. The van der Waals surface area contributed by atoms with Gasteiger partial charge in [0, 0.05) is 5.92 Å². The maximum atomic E-state index is 4.34. The zero-order valence-electron chi connectivity index (χ0n) is 13.5. The maximum Gasteiger partial charge on any atom is 0.00293 e. The number of fused-ring (bicyclic) bond motifs is 1. The van der Waals surface area contributed by atoms with Crippen molar-refractivity contribution in [3.8, 4) is 0 Å². The van der Waals surface area contributed by atoms with Crippen molar-refractivity contribution in [1.82, 2.24) is 0 Å². The van der Waals surface area contributed by atoms with Crippen LogP contribution in [0.1, 0.15) is 42.9 Å². The standard InChI is InChI=1S/C22H24/c1-16(13-19-9-5-4-6-10-19)17(2)14-21-15-20-11-7-8-12-22(20)18(21)3/h4-12,15,17-18H,1,13-14H2,2-3H3. The number of allylic oxidation sites excluding steroid dienone is 2. The van der Waals surface area contributed by atoms with Crippen LogP contribution in [0.3, 0.4) is 0 Å². The molecule has 2 unspecified atom stereocenters. The van der Waals surface area contributed by atoms with Crippen LogP contribution in [0.25, 0.3) is 6.08 Å². The van der Waals surface area contributed by atoms with E-state index in [1.165, 1.54) is 22.3 Å². The fraction of sp³-hybridized carbons (Fsp3) is 0.273. The van der Waals surface area contributed by atoms with Gasteiger partial charge in [-0.05, 0) is 35.4 Å². The molecule has 2 atom stereocenters. The van der Waals surface area contributed by atoms with Gasteiger partial charge in [-0.3, -0.25) is 0 Å². The van der Waals surface area contributed by atoms with Crippen LogP contribution < -0.4 is 0 Å². The van der Waals surface area contributed by atoms with Crippen LogP contribution in [0.5, 0.6) is 0 Å². The second kappa shape index (κ2) is 6.36. The lowest BCUT2D eigenvalue weighted by molar-refractivity contribution is 0.634. The third kappa shape index (κ3) is 3.06. The van der Waals surface area contributed by atoms with Gasteiger partial charge in [-0.15, -0.1) is 0 Å². The molecule has 1 aliphatic rings. The summed E-state index contributed by atoms with van der Waals surface area (Å²) in [7, 11) is 0. The summed E-state index contributed by atoms with van der Waals surface area (Å²) in [6, 6.07) is 19.4. The average Bonchev–Trinajstić information content (AvgIpc) is 2.85. The fourth-order valence-corrected chi connectivity index (χ4v) is 3.33. The predicted octanol–water partition coefficient (Wildman–Crippen LogP) is 6.01. The topological polar surface area (TPSA) is 0 Å². The minimum atomic E-state index is 0.517. The van der Waals surface area contributed by atoms with Crippen LogP contribution in [-0.4, -0.2) is 0 Å². The van der Waals surface area contributed by atoms with E-state index < -0.39 is 0 Å². The van der Waals surface area contributed by atoms with Crippen molar-refractivity contribution in [3.05, 3.63) is 89.0 Å². The summed E-state index contributed by atoms with van der Waals surface area (Å²) in [5.74, 6) is 1.06. The molecule has 0 bridgehead atoms. The minimum absolute atomic E-state index is 0.517. The van der Waals surface area contributed by atoms with Gasteiger partial charge in [-0.25, -0.2) is 0 Å². The Hall–Kier alpha value is -2.08. The Labute approximate surface area is 134 Å². The van der Waals surface area contributed by atoms with Crippen LogP contribution in [-0.2, 0) is 6.42 Å². The Kier molecular flexibility index (Phi) is 4.29. The van der Waals surface area contributed by atoms with E-state index in [9.17, 15) is 0 Å². The highest BCUT2D eigenvalue weighted by Gasteiger charge is 2.22. The van der Waals surface area contributed by atoms with E-state index in [0.717, 1.165) is 12.8 Å². The van der Waals surface area contributed by atoms with Gasteiger partial charge in [-0.1, -0.05) is 92.2 Å². The van der Waals surface area contributed by atoms with Crippen molar-refractivity contribution in [1.29, 1.82) is 0 Å². The molecule has 0 spiro atoms. The van der Waals surface area contributed by atoms with Gasteiger partial charge in [0.2, 0.25) is 0 Å². The molecule has 0 saturated heterocycles. The average molecular weight is 288 g/mol. The monoisotopic (exact) mass is 288 g/mol. The van der Waals surface area contributed by atoms with Crippen molar-refractivity contribution in [2.45, 2.75) is 32.6 Å². The Bertz CT molecular complexity index is 691. The van der Waals surface area contributed by atoms with E-state index in [1.54, 1.807) is 5.57 Å². The van der Waals surface area contributed by atoms with E-state index >= 15 is 0 Å². The molecule has 22 heavy (non-hydrogen) atoms. The largest absolute Gasteiger partial charge is 0.0992 e. The zero-order chi connectivity index (χ0) is 15.5. The molecule has 0 fully saturated rings. The second-order valence-corrected chi connectivity index (χ2v) is 6.50. The lowest BCUT2D eigenvalue weighted by atomic mass is 9.86. The molecule has 0 aromatic heterocycles. The first-order valence-corrected chi connectivity index (χ1v) is 8.16. The molecule has 2 aromatic carbocycles. The molecule has 0 saturated carbocycles. The molecule has 0 heteroatoms. The fourth-order valence-electron chi connectivity index (χ4n) is 3.33. The first-order valence-electron chi connectivity index (χ1n) is 8.16. The second-order valence-electron chi connectivity index (χ2n) is 6.50. The first kappa shape index (κ1) is 14.8. The number of hydrogen-bond donors (Lipinski definition) is 0. The molecule has 0 nitrogen and oxygen atoms in total. The van der Waals surface area contributed by atoms with Crippen LogP contribution >= 0.6 is 0 Å². The van der Waals surface area contributed by atoms with Gasteiger partial charge in [0.1, 0.15) is 0 Å². The van der Waals surface area contributed by atoms with Crippen LogP contribution in [0.4, 0.5) is 0 Å². The van der Waals surface area contributed by atoms with Crippen molar-refractivity contribution in [2.75, 3.05) is 0 Å². The predicted molar refractivity (Wildman–Crippen MR) is 95.9 cm³/mol. The van der Waals surface area contributed by atoms with E-state index in [1.807, 2.05) is 0 Å². The molecule has 1 aliphatic carbocycles. The van der Waals surface area contributed by atoms with E-state index in [4.69, 9.17) is 0 Å². The highest BCUT2D eigenvalue weighted by atomic mass is 14.3. The molecule has 0 amide bonds. The van der Waals surface area contributed by atoms with Gasteiger partial charge in [0.25, 0.3) is 0 Å². The van der Waals surface area contributed by atoms with Gasteiger partial charge < -0.3 is 0 Å². The summed E-state index contributed by atoms with van der Waals surface area (Å²) in [5, 5.41) is 0. The van der Waals surface area contributed by atoms with Gasteiger partial charge in [0.05, 0.1) is 0 Å². The summed E-state index contributed by atoms with van der Waals surface area (Å²) in [6.45, 7) is 8.97. The van der Waals surface area contributed by atoms with E-state index in [-0.39, 0.29) is 0 Å². The minimum Gasteiger partial charge on any atom is -0.0992 e. The van der Waals surface area contributed by atoms with Gasteiger partial charge >= 0.3 is 0 Å². The molecule has 0 heterocycles. The molecule has 3 rings (SSSR count). The highest BCUT2D eigenvalue weighted by molar-refractivity contribution is 5.66. The summed E-state index contributed by atoms with van der Waals surface area (Å²) in [5.41, 5.74) is 7.10. The third-order valence-electron chi connectivity index (χ3n) is 4.87. The lowest BCUT2D eigenvalue weighted by Crippen LogP contribution is -2.05. The summed E-state index contributed by atoms with van der Waals surface area (Å²) < 4.78 is 0. The molecular formula is C22H24. The Morgan fingerprint density at radius 1 is 1.05 bits per heavy atom. The maximum absolute atomic E-state index is 4.34. The van der Waals surface area contributed by atoms with E-state index in [2.05, 4.69) is 81.1 Å². The third-order valence-corrected chi connectivity index (χ3v) is 4.87. The summed E-state index contributed by atoms with van der Waals surface area (Å²) in [6.07, 6.45) is 4.48. The van der Waals surface area contributed by atoms with E-state index in [0.29, 0.717) is 11.8 Å². The zero-order valence-corrected chi connectivity index (χ0v) is 13.5. The van der Waals surface area contributed by atoms with Crippen LogP contribution in [0, 0.1) is 5.92 Å². The quantitative estimate of drug-likeness (QED) is 0.591. The number of hydrogen-bond acceptors (Lipinski definition) is 0. The van der Waals surface area contributed by atoms with Crippen LogP contribution in [0.2, 0.25) is 0 Å². The molecular weight excluding hydrogens is 264 g/mol. The lowest BCUT2D eigenvalue weighted by Gasteiger charge is -2.18. The molecule has 0 aliphatic heterocycles. The Balaban J connectivity index is 1.65. The normalized spacial score (nSPS) is 17.7. The smallest absolute Gasteiger partial charge is 0.00293 e. The van der Waals surface area contributed by atoms with Gasteiger partial charge in [-0.2, -0.15) is 0 Å². The summed E-state index contributed by atoms with van der Waals surface area (Å²) in [4.78, 5) is 0. The van der Waals surface area contributed by atoms with Crippen molar-refractivity contribution in [3.63, 3.8) is 0 Å². The highest BCUT2D eigenvalue weighted by Crippen LogP contribution is 2.39. The molecule has 0 N–H and O–H groups in total. The SMILES string of the molecule is C=C(Cc1ccccc1)C(C)CC1=Cc2ccccc2C1C. The Morgan fingerprint density at radius 2 is 1.73 bits per heavy atom.